The molecule has 0 radical (unpaired) electrons. The minimum Gasteiger partial charge on any atom is -0.376 e. The molecule has 2 aliphatic rings. The van der Waals surface area contributed by atoms with Crippen LogP contribution in [0.4, 0.5) is 4.79 Å². The van der Waals surface area contributed by atoms with E-state index in [0.29, 0.717) is 37.8 Å². The van der Waals surface area contributed by atoms with E-state index in [2.05, 4.69) is 17.2 Å². The molecule has 1 aromatic rings. The summed E-state index contributed by atoms with van der Waals surface area (Å²) in [6.07, 6.45) is 11.2. The Morgan fingerprint density at radius 3 is 2.88 bits per heavy atom. The molecule has 24 heavy (non-hydrogen) atoms. The Bertz CT molecular complexity index is 519. The van der Waals surface area contributed by atoms with Crippen molar-refractivity contribution in [2.24, 2.45) is 5.92 Å². The summed E-state index contributed by atoms with van der Waals surface area (Å²) in [4.78, 5) is 18.5. The number of ether oxygens (including phenoxy) is 1. The molecule has 132 valence electrons. The number of nitrogens with one attached hydrogen (secondary N) is 1. The largest absolute Gasteiger partial charge is 0.376 e. The van der Waals surface area contributed by atoms with E-state index >= 15 is 0 Å². The second kappa shape index (κ2) is 8.47. The van der Waals surface area contributed by atoms with Crippen molar-refractivity contribution in [1.29, 1.82) is 0 Å². The van der Waals surface area contributed by atoms with Gasteiger partial charge < -0.3 is 15.0 Å². The number of urea groups is 1. The number of carbonyl (C=O) groups is 1. The number of aromatic nitrogens is 1. The SMILES string of the molecule is C[C@H]1CCCC[C@@H]1OCCNC(=O)N(Cc1cccnc1)C1CC1. The summed E-state index contributed by atoms with van der Waals surface area (Å²) in [5, 5.41) is 3.02. The molecule has 5 heteroatoms. The number of rotatable bonds is 7. The number of hydrogen-bond acceptors (Lipinski definition) is 3. The van der Waals surface area contributed by atoms with Gasteiger partial charge in [0.2, 0.25) is 0 Å². The molecule has 2 saturated carbocycles. The second-order valence-electron chi connectivity index (χ2n) is 7.12. The van der Waals surface area contributed by atoms with Crippen LogP contribution >= 0.6 is 0 Å². The minimum atomic E-state index is 0.0154. The second-order valence-corrected chi connectivity index (χ2v) is 7.12. The first kappa shape index (κ1) is 17.2. The average molecular weight is 331 g/mol. The van der Waals surface area contributed by atoms with Gasteiger partial charge >= 0.3 is 6.03 Å². The van der Waals surface area contributed by atoms with Crippen LogP contribution in [-0.2, 0) is 11.3 Å². The molecular formula is C19H29N3O2. The van der Waals surface area contributed by atoms with Gasteiger partial charge in [-0.3, -0.25) is 4.98 Å². The summed E-state index contributed by atoms with van der Waals surface area (Å²) in [6.45, 7) is 4.08. The standard InChI is InChI=1S/C19H29N3O2/c1-15-5-2-3-7-18(15)24-12-11-21-19(23)22(17-8-9-17)14-16-6-4-10-20-13-16/h4,6,10,13,15,17-18H,2-3,5,7-9,11-12,14H2,1H3,(H,21,23)/t15-,18-/m0/s1. The lowest BCUT2D eigenvalue weighted by Crippen LogP contribution is -2.42. The van der Waals surface area contributed by atoms with E-state index < -0.39 is 0 Å². The third kappa shape index (κ3) is 4.94. The molecular weight excluding hydrogens is 302 g/mol. The molecule has 0 aromatic carbocycles. The van der Waals surface area contributed by atoms with Gasteiger partial charge in [-0.2, -0.15) is 0 Å². The Morgan fingerprint density at radius 1 is 1.33 bits per heavy atom. The number of amides is 2. The molecule has 2 amide bonds. The fourth-order valence-electron chi connectivity index (χ4n) is 3.44. The zero-order chi connectivity index (χ0) is 16.8. The van der Waals surface area contributed by atoms with Gasteiger partial charge in [-0.1, -0.05) is 25.8 Å². The monoisotopic (exact) mass is 331 g/mol. The summed E-state index contributed by atoms with van der Waals surface area (Å²) >= 11 is 0. The van der Waals surface area contributed by atoms with E-state index in [9.17, 15) is 4.79 Å². The van der Waals surface area contributed by atoms with Gasteiger partial charge in [-0.15, -0.1) is 0 Å². The van der Waals surface area contributed by atoms with E-state index in [-0.39, 0.29) is 6.03 Å². The van der Waals surface area contributed by atoms with Crippen LogP contribution in [0.5, 0.6) is 0 Å². The summed E-state index contributed by atoms with van der Waals surface area (Å²) in [7, 11) is 0. The van der Waals surface area contributed by atoms with Crippen LogP contribution in [0.1, 0.15) is 51.0 Å². The number of pyridine rings is 1. The molecule has 0 bridgehead atoms. The molecule has 1 N–H and O–H groups in total. The highest BCUT2D eigenvalue weighted by Crippen LogP contribution is 2.28. The number of nitrogens with zero attached hydrogens (tertiary/aromatic N) is 2. The fraction of sp³-hybridized carbons (Fsp3) is 0.684. The van der Waals surface area contributed by atoms with Crippen molar-refractivity contribution < 1.29 is 9.53 Å². The van der Waals surface area contributed by atoms with Crippen LogP contribution in [-0.4, -0.2) is 41.2 Å². The number of carbonyl (C=O) groups excluding carboxylic acids is 1. The Kier molecular flexibility index (Phi) is 6.07. The molecule has 0 saturated heterocycles. The van der Waals surface area contributed by atoms with Crippen LogP contribution in [0.2, 0.25) is 0 Å². The van der Waals surface area contributed by atoms with Crippen molar-refractivity contribution in [1.82, 2.24) is 15.2 Å². The van der Waals surface area contributed by atoms with Crippen LogP contribution in [0.15, 0.2) is 24.5 Å². The Labute approximate surface area is 144 Å². The normalized spacial score (nSPS) is 23.7. The lowest BCUT2D eigenvalue weighted by atomic mass is 9.88. The van der Waals surface area contributed by atoms with E-state index in [1.807, 2.05) is 23.2 Å². The van der Waals surface area contributed by atoms with Crippen LogP contribution in [0.25, 0.3) is 0 Å². The Hall–Kier alpha value is -1.62. The van der Waals surface area contributed by atoms with Gasteiger partial charge in [0.05, 0.1) is 12.7 Å². The molecule has 2 atom stereocenters. The van der Waals surface area contributed by atoms with Gasteiger partial charge in [0.25, 0.3) is 0 Å². The van der Waals surface area contributed by atoms with Gasteiger partial charge in [0.1, 0.15) is 0 Å². The first-order valence-corrected chi connectivity index (χ1v) is 9.29. The maximum absolute atomic E-state index is 12.5. The highest BCUT2D eigenvalue weighted by molar-refractivity contribution is 5.74. The van der Waals surface area contributed by atoms with Gasteiger partial charge in [0.15, 0.2) is 0 Å². The van der Waals surface area contributed by atoms with Crippen LogP contribution in [0, 0.1) is 5.92 Å². The Morgan fingerprint density at radius 2 is 2.17 bits per heavy atom. The van der Waals surface area contributed by atoms with Crippen molar-refractivity contribution in [2.45, 2.75) is 64.1 Å². The predicted molar refractivity (Wildman–Crippen MR) is 93.6 cm³/mol. The Balaban J connectivity index is 1.41. The van der Waals surface area contributed by atoms with Crippen molar-refractivity contribution in [3.8, 4) is 0 Å². The maximum Gasteiger partial charge on any atom is 0.318 e. The summed E-state index contributed by atoms with van der Waals surface area (Å²) < 4.78 is 5.98. The smallest absolute Gasteiger partial charge is 0.318 e. The third-order valence-electron chi connectivity index (χ3n) is 5.07. The van der Waals surface area contributed by atoms with Crippen molar-refractivity contribution in [2.75, 3.05) is 13.2 Å². The molecule has 0 unspecified atom stereocenters. The summed E-state index contributed by atoms with van der Waals surface area (Å²) in [5.41, 5.74) is 1.08. The third-order valence-corrected chi connectivity index (χ3v) is 5.07. The lowest BCUT2D eigenvalue weighted by Gasteiger charge is -2.29. The maximum atomic E-state index is 12.5. The molecule has 3 rings (SSSR count). The van der Waals surface area contributed by atoms with Crippen molar-refractivity contribution >= 4 is 6.03 Å². The minimum absolute atomic E-state index is 0.0154. The topological polar surface area (TPSA) is 54.5 Å². The van der Waals surface area contributed by atoms with Gasteiger partial charge in [-0.25, -0.2) is 4.79 Å². The molecule has 2 fully saturated rings. The van der Waals surface area contributed by atoms with Crippen molar-refractivity contribution in [3.63, 3.8) is 0 Å². The molecule has 5 nitrogen and oxygen atoms in total. The first-order chi connectivity index (χ1) is 11.7. The summed E-state index contributed by atoms with van der Waals surface area (Å²) in [5.74, 6) is 0.642. The average Bonchev–Trinajstić information content (AvgIpc) is 3.43. The molecule has 1 heterocycles. The van der Waals surface area contributed by atoms with E-state index in [0.717, 1.165) is 24.8 Å². The van der Waals surface area contributed by atoms with Crippen LogP contribution in [0.3, 0.4) is 0 Å². The van der Waals surface area contributed by atoms with E-state index in [1.165, 1.54) is 19.3 Å². The molecule has 0 spiro atoms. The van der Waals surface area contributed by atoms with Crippen LogP contribution < -0.4 is 5.32 Å². The quantitative estimate of drug-likeness (QED) is 0.780. The fourth-order valence-corrected chi connectivity index (χ4v) is 3.44. The molecule has 1 aromatic heterocycles. The van der Waals surface area contributed by atoms with E-state index in [1.54, 1.807) is 6.20 Å². The van der Waals surface area contributed by atoms with Gasteiger partial charge in [-0.05, 0) is 43.2 Å². The highest BCUT2D eigenvalue weighted by atomic mass is 16.5. The number of hydrogen-bond donors (Lipinski definition) is 1. The zero-order valence-corrected chi connectivity index (χ0v) is 14.6. The first-order valence-electron chi connectivity index (χ1n) is 9.29. The lowest BCUT2D eigenvalue weighted by molar-refractivity contribution is -0.00275. The molecule has 2 aliphatic carbocycles. The molecule has 0 aliphatic heterocycles. The summed E-state index contributed by atoms with van der Waals surface area (Å²) in [6, 6.07) is 4.33. The zero-order valence-electron chi connectivity index (χ0n) is 14.6. The van der Waals surface area contributed by atoms with E-state index in [4.69, 9.17) is 4.74 Å². The predicted octanol–water partition coefficient (Wildman–Crippen LogP) is 3.35. The van der Waals surface area contributed by atoms with Crippen molar-refractivity contribution in [3.05, 3.63) is 30.1 Å². The highest BCUT2D eigenvalue weighted by Gasteiger charge is 2.32. The van der Waals surface area contributed by atoms with Gasteiger partial charge in [0, 0.05) is 31.5 Å².